The quantitative estimate of drug-likeness (QED) is 0.836. The molecular formula is C19H26N4O2. The fourth-order valence-electron chi connectivity index (χ4n) is 3.83. The number of aryl methyl sites for hydroxylation is 2. The predicted octanol–water partition coefficient (Wildman–Crippen LogP) is 3.31. The Morgan fingerprint density at radius 3 is 2.60 bits per heavy atom. The molecule has 0 unspecified atom stereocenters. The van der Waals surface area contributed by atoms with Crippen molar-refractivity contribution in [2.24, 2.45) is 5.92 Å². The number of oxazole rings is 1. The van der Waals surface area contributed by atoms with Crippen molar-refractivity contribution >= 4 is 5.91 Å². The Hall–Kier alpha value is -2.11. The zero-order valence-electron chi connectivity index (χ0n) is 15.1. The molecule has 0 radical (unpaired) electrons. The Bertz CT molecular complexity index is 751. The van der Waals surface area contributed by atoms with Gasteiger partial charge in [0, 0.05) is 37.4 Å². The highest BCUT2D eigenvalue weighted by Gasteiger charge is 2.30. The largest absolute Gasteiger partial charge is 0.438 e. The van der Waals surface area contributed by atoms with Gasteiger partial charge < -0.3 is 13.9 Å². The van der Waals surface area contributed by atoms with E-state index in [0.717, 1.165) is 32.5 Å². The first kappa shape index (κ1) is 16.4. The Kier molecular flexibility index (Phi) is 4.36. The zero-order chi connectivity index (χ0) is 17.4. The average molecular weight is 342 g/mol. The molecule has 1 aliphatic carbocycles. The molecule has 2 aromatic heterocycles. The van der Waals surface area contributed by atoms with Crippen LogP contribution in [0.2, 0.25) is 0 Å². The van der Waals surface area contributed by atoms with E-state index in [1.807, 2.05) is 18.0 Å². The molecule has 3 heterocycles. The van der Waals surface area contributed by atoms with Gasteiger partial charge in [-0.25, -0.2) is 9.97 Å². The third-order valence-electron chi connectivity index (χ3n) is 5.63. The van der Waals surface area contributed by atoms with Crippen LogP contribution < -0.4 is 0 Å². The molecule has 0 atom stereocenters. The number of carbonyl (C=O) groups is 1. The van der Waals surface area contributed by atoms with Crippen LogP contribution >= 0.6 is 0 Å². The van der Waals surface area contributed by atoms with Gasteiger partial charge in [0.2, 0.25) is 5.76 Å². The van der Waals surface area contributed by atoms with Crippen molar-refractivity contribution in [3.05, 3.63) is 35.6 Å². The van der Waals surface area contributed by atoms with Crippen LogP contribution in [0.1, 0.15) is 65.8 Å². The van der Waals surface area contributed by atoms with Crippen molar-refractivity contribution in [3.63, 3.8) is 0 Å². The highest BCUT2D eigenvalue weighted by atomic mass is 16.3. The highest BCUT2D eigenvalue weighted by Crippen LogP contribution is 2.39. The van der Waals surface area contributed by atoms with Crippen LogP contribution in [0.25, 0.3) is 0 Å². The van der Waals surface area contributed by atoms with E-state index in [9.17, 15) is 4.79 Å². The molecule has 25 heavy (non-hydrogen) atoms. The van der Waals surface area contributed by atoms with Gasteiger partial charge in [0.25, 0.3) is 5.91 Å². The second-order valence-electron chi connectivity index (χ2n) is 7.47. The van der Waals surface area contributed by atoms with Gasteiger partial charge in [0.05, 0.1) is 5.69 Å². The molecule has 1 saturated heterocycles. The maximum absolute atomic E-state index is 12.5. The van der Waals surface area contributed by atoms with E-state index < -0.39 is 0 Å². The molecular weight excluding hydrogens is 316 g/mol. The van der Waals surface area contributed by atoms with E-state index in [1.54, 1.807) is 0 Å². The Morgan fingerprint density at radius 1 is 1.20 bits per heavy atom. The number of hydrogen-bond acceptors (Lipinski definition) is 4. The second kappa shape index (κ2) is 6.65. The van der Waals surface area contributed by atoms with Crippen LogP contribution in [0.4, 0.5) is 0 Å². The molecule has 0 spiro atoms. The van der Waals surface area contributed by atoms with Crippen LogP contribution in [-0.4, -0.2) is 38.4 Å². The lowest BCUT2D eigenvalue weighted by molar-refractivity contribution is 0.0652. The third-order valence-corrected chi connectivity index (χ3v) is 5.63. The topological polar surface area (TPSA) is 64.2 Å². The first-order valence-corrected chi connectivity index (χ1v) is 9.35. The van der Waals surface area contributed by atoms with Crippen molar-refractivity contribution in [2.75, 3.05) is 13.1 Å². The number of amides is 1. The van der Waals surface area contributed by atoms with E-state index >= 15 is 0 Å². The number of piperidine rings is 1. The van der Waals surface area contributed by atoms with E-state index in [0.29, 0.717) is 23.3 Å². The van der Waals surface area contributed by atoms with E-state index in [-0.39, 0.29) is 5.91 Å². The number of nitrogens with zero attached hydrogens (tertiary/aromatic N) is 4. The Labute approximate surface area is 148 Å². The Morgan fingerprint density at radius 2 is 1.96 bits per heavy atom. The van der Waals surface area contributed by atoms with Gasteiger partial charge >= 0.3 is 0 Å². The number of carbonyl (C=O) groups excluding carboxylic acids is 1. The molecule has 0 N–H and O–H groups in total. The van der Waals surface area contributed by atoms with Gasteiger partial charge in [-0.15, -0.1) is 0 Å². The summed E-state index contributed by atoms with van der Waals surface area (Å²) in [6.07, 6.45) is 9.22. The van der Waals surface area contributed by atoms with Gasteiger partial charge in [-0.2, -0.15) is 0 Å². The summed E-state index contributed by atoms with van der Waals surface area (Å²) >= 11 is 0. The number of likely N-dealkylation sites (tertiary alicyclic amines) is 1. The normalized spacial score (nSPS) is 18.7. The fourth-order valence-corrected chi connectivity index (χ4v) is 3.83. The minimum atomic E-state index is -0.0186. The first-order chi connectivity index (χ1) is 12.1. The van der Waals surface area contributed by atoms with Crippen molar-refractivity contribution in [2.45, 2.75) is 58.4 Å². The summed E-state index contributed by atoms with van der Waals surface area (Å²) in [5.41, 5.74) is 1.95. The summed E-state index contributed by atoms with van der Waals surface area (Å²) in [5.74, 6) is 3.02. The SMILES string of the molecule is Cc1ncoc1C(=O)N1CCC(CCn2c(C)cnc2C2CC2)CC1. The molecule has 2 fully saturated rings. The maximum Gasteiger partial charge on any atom is 0.291 e. The predicted molar refractivity (Wildman–Crippen MR) is 93.4 cm³/mol. The number of rotatable bonds is 5. The summed E-state index contributed by atoms with van der Waals surface area (Å²) in [6, 6.07) is 0. The lowest BCUT2D eigenvalue weighted by Crippen LogP contribution is -2.38. The number of imidazole rings is 1. The maximum atomic E-state index is 12.5. The molecule has 2 aliphatic rings. The number of hydrogen-bond donors (Lipinski definition) is 0. The molecule has 1 amide bonds. The average Bonchev–Trinajstić information content (AvgIpc) is 3.27. The van der Waals surface area contributed by atoms with Gasteiger partial charge in [-0.05, 0) is 51.9 Å². The Balaban J connectivity index is 1.30. The summed E-state index contributed by atoms with van der Waals surface area (Å²) in [6.45, 7) is 6.63. The van der Waals surface area contributed by atoms with Gasteiger partial charge in [0.15, 0.2) is 6.39 Å². The summed E-state index contributed by atoms with van der Waals surface area (Å²) in [5, 5.41) is 0. The van der Waals surface area contributed by atoms with Crippen molar-refractivity contribution in [1.29, 1.82) is 0 Å². The van der Waals surface area contributed by atoms with Gasteiger partial charge in [-0.3, -0.25) is 4.79 Å². The molecule has 0 aromatic carbocycles. The van der Waals surface area contributed by atoms with E-state index in [1.165, 1.54) is 37.2 Å². The van der Waals surface area contributed by atoms with Crippen LogP contribution in [0.3, 0.4) is 0 Å². The zero-order valence-corrected chi connectivity index (χ0v) is 15.1. The lowest BCUT2D eigenvalue weighted by atomic mass is 9.93. The molecule has 0 bridgehead atoms. The summed E-state index contributed by atoms with van der Waals surface area (Å²) in [7, 11) is 0. The molecule has 1 saturated carbocycles. The van der Waals surface area contributed by atoms with Crippen molar-refractivity contribution in [3.8, 4) is 0 Å². The molecule has 6 heteroatoms. The van der Waals surface area contributed by atoms with Crippen LogP contribution in [0.5, 0.6) is 0 Å². The van der Waals surface area contributed by atoms with Crippen molar-refractivity contribution in [1.82, 2.24) is 19.4 Å². The smallest absolute Gasteiger partial charge is 0.291 e. The summed E-state index contributed by atoms with van der Waals surface area (Å²) < 4.78 is 7.65. The second-order valence-corrected chi connectivity index (χ2v) is 7.47. The van der Waals surface area contributed by atoms with Crippen LogP contribution in [0.15, 0.2) is 17.0 Å². The van der Waals surface area contributed by atoms with Crippen LogP contribution in [-0.2, 0) is 6.54 Å². The molecule has 1 aliphatic heterocycles. The summed E-state index contributed by atoms with van der Waals surface area (Å²) in [4.78, 5) is 23.0. The van der Waals surface area contributed by atoms with Crippen LogP contribution in [0, 0.1) is 19.8 Å². The molecule has 6 nitrogen and oxygen atoms in total. The van der Waals surface area contributed by atoms with E-state index in [2.05, 4.69) is 21.5 Å². The molecule has 134 valence electrons. The minimum absolute atomic E-state index is 0.0186. The van der Waals surface area contributed by atoms with E-state index in [4.69, 9.17) is 4.42 Å². The third kappa shape index (κ3) is 3.34. The molecule has 2 aromatic rings. The monoisotopic (exact) mass is 342 g/mol. The first-order valence-electron chi connectivity index (χ1n) is 9.35. The minimum Gasteiger partial charge on any atom is -0.438 e. The highest BCUT2D eigenvalue weighted by molar-refractivity contribution is 5.92. The van der Waals surface area contributed by atoms with Gasteiger partial charge in [-0.1, -0.05) is 0 Å². The fraction of sp³-hybridized carbons (Fsp3) is 0.632. The van der Waals surface area contributed by atoms with Gasteiger partial charge in [0.1, 0.15) is 5.82 Å². The standard InChI is InChI=1S/C19H26N4O2/c1-13-11-20-18(16-3-4-16)23(13)10-7-15-5-8-22(9-6-15)19(24)17-14(2)21-12-25-17/h11-12,15-16H,3-10H2,1-2H3. The lowest BCUT2D eigenvalue weighted by Gasteiger charge is -2.31. The van der Waals surface area contributed by atoms with Crippen molar-refractivity contribution < 1.29 is 9.21 Å². The number of aromatic nitrogens is 3. The molecule has 4 rings (SSSR count).